The van der Waals surface area contributed by atoms with Crippen molar-refractivity contribution in [3.63, 3.8) is 0 Å². The Balaban J connectivity index is 1.18. The lowest BCUT2D eigenvalue weighted by atomic mass is 9.59. The second-order valence-electron chi connectivity index (χ2n) is 14.2. The number of nitrogens with one attached hydrogen (secondary N) is 3. The van der Waals surface area contributed by atoms with E-state index in [9.17, 15) is 9.59 Å². The Morgan fingerprint density at radius 1 is 0.902 bits per heavy atom. The molecule has 1 aromatic carbocycles. The van der Waals surface area contributed by atoms with Gasteiger partial charge in [0.2, 0.25) is 5.91 Å². The summed E-state index contributed by atoms with van der Waals surface area (Å²) in [7, 11) is 0. The van der Waals surface area contributed by atoms with Crippen LogP contribution in [0.2, 0.25) is 0 Å². The molecule has 2 amide bonds. The van der Waals surface area contributed by atoms with Gasteiger partial charge in [-0.05, 0) is 98.8 Å². The van der Waals surface area contributed by atoms with Crippen LogP contribution in [0, 0.1) is 30.6 Å². The number of hydrogen-bond acceptors (Lipinski definition) is 4. The van der Waals surface area contributed by atoms with Crippen molar-refractivity contribution < 1.29 is 9.59 Å². The molecule has 3 saturated carbocycles. The Labute approximate surface area is 248 Å². The molecule has 2 saturated heterocycles. The fraction of sp³-hybridized carbons (Fsp3) is 0.771. The van der Waals surface area contributed by atoms with Crippen LogP contribution in [-0.4, -0.2) is 54.5 Å². The van der Waals surface area contributed by atoms with E-state index in [4.69, 9.17) is 0 Å². The fourth-order valence-corrected chi connectivity index (χ4v) is 9.25. The summed E-state index contributed by atoms with van der Waals surface area (Å²) in [6, 6.07) is 6.11. The van der Waals surface area contributed by atoms with Crippen molar-refractivity contribution in [2.24, 2.45) is 23.7 Å². The Morgan fingerprint density at radius 2 is 1.59 bits per heavy atom. The van der Waals surface area contributed by atoms with Crippen LogP contribution >= 0.6 is 0 Å². The van der Waals surface area contributed by atoms with Crippen molar-refractivity contribution >= 4 is 11.8 Å². The van der Waals surface area contributed by atoms with Crippen LogP contribution < -0.4 is 16.0 Å². The van der Waals surface area contributed by atoms with Gasteiger partial charge in [-0.15, -0.1) is 0 Å². The van der Waals surface area contributed by atoms with E-state index in [1.165, 1.54) is 76.2 Å². The van der Waals surface area contributed by atoms with Gasteiger partial charge < -0.3 is 15.5 Å². The van der Waals surface area contributed by atoms with Crippen LogP contribution in [0.15, 0.2) is 18.2 Å². The molecule has 2 aliphatic heterocycles. The molecule has 226 valence electrons. The molecule has 5 fully saturated rings. The SMILES string of the molecule is Cc1cc(C(=O)N2CCNCC2)ccc1C(NC(=O)C1CC2CCCC(C)C2(C2CCCCCCCC2)N1)C1CC1. The second kappa shape index (κ2) is 12.8. The van der Waals surface area contributed by atoms with E-state index in [1.807, 2.05) is 11.0 Å². The lowest BCUT2D eigenvalue weighted by Gasteiger charge is -2.50. The average Bonchev–Trinajstić information content (AvgIpc) is 3.72. The van der Waals surface area contributed by atoms with Gasteiger partial charge in [0, 0.05) is 37.3 Å². The first-order valence-electron chi connectivity index (χ1n) is 17.2. The van der Waals surface area contributed by atoms with Crippen molar-refractivity contribution in [1.29, 1.82) is 0 Å². The first-order chi connectivity index (χ1) is 20.0. The van der Waals surface area contributed by atoms with E-state index in [-0.39, 0.29) is 29.4 Å². The Bertz CT molecular complexity index is 1070. The summed E-state index contributed by atoms with van der Waals surface area (Å²) in [6.07, 6.45) is 18.1. The Morgan fingerprint density at radius 3 is 2.27 bits per heavy atom. The van der Waals surface area contributed by atoms with Gasteiger partial charge in [0.25, 0.3) is 5.91 Å². The molecule has 0 bridgehead atoms. The van der Waals surface area contributed by atoms with Crippen molar-refractivity contribution in [1.82, 2.24) is 20.9 Å². The molecule has 41 heavy (non-hydrogen) atoms. The number of nitrogens with zero attached hydrogens (tertiary/aromatic N) is 1. The first-order valence-corrected chi connectivity index (χ1v) is 17.2. The molecule has 1 aromatic rings. The number of benzene rings is 1. The highest BCUT2D eigenvalue weighted by molar-refractivity contribution is 5.94. The van der Waals surface area contributed by atoms with Gasteiger partial charge in [-0.3, -0.25) is 14.9 Å². The molecule has 2 heterocycles. The van der Waals surface area contributed by atoms with Crippen molar-refractivity contribution in [3.05, 3.63) is 34.9 Å². The standard InChI is InChI=1S/C35H54N4O2/c1-24-22-27(34(41)39-20-18-36-19-21-39)16-17-30(24)32(26-14-15-26)37-33(40)31-23-29-13-9-10-25(2)35(29,38-31)28-11-7-5-3-4-6-8-12-28/h16-17,22,25-26,28-29,31-32,36,38H,3-15,18-21,23H2,1-2H3,(H,37,40). The minimum Gasteiger partial charge on any atom is -0.348 e. The topological polar surface area (TPSA) is 73.5 Å². The van der Waals surface area contributed by atoms with Gasteiger partial charge in [-0.1, -0.05) is 57.9 Å². The molecular weight excluding hydrogens is 508 g/mol. The van der Waals surface area contributed by atoms with E-state index in [1.54, 1.807) is 0 Å². The molecule has 5 unspecified atom stereocenters. The summed E-state index contributed by atoms with van der Waals surface area (Å²) in [5.41, 5.74) is 3.20. The highest BCUT2D eigenvalue weighted by atomic mass is 16.2. The second-order valence-corrected chi connectivity index (χ2v) is 14.2. The van der Waals surface area contributed by atoms with Gasteiger partial charge >= 0.3 is 0 Å². The van der Waals surface area contributed by atoms with Crippen LogP contribution in [-0.2, 0) is 4.79 Å². The van der Waals surface area contributed by atoms with E-state index < -0.39 is 0 Å². The zero-order valence-electron chi connectivity index (χ0n) is 25.7. The third-order valence-corrected chi connectivity index (χ3v) is 11.6. The molecule has 6 rings (SSSR count). The number of carbonyl (C=O) groups excluding carboxylic acids is 2. The van der Waals surface area contributed by atoms with Crippen LogP contribution in [0.1, 0.15) is 124 Å². The van der Waals surface area contributed by atoms with Gasteiger partial charge in [0.15, 0.2) is 0 Å². The highest BCUT2D eigenvalue weighted by Crippen LogP contribution is 2.52. The minimum absolute atomic E-state index is 0.0357. The number of aryl methyl sites for hydroxylation is 1. The van der Waals surface area contributed by atoms with E-state index in [0.29, 0.717) is 23.7 Å². The number of piperazine rings is 1. The smallest absolute Gasteiger partial charge is 0.253 e. The molecule has 6 heteroatoms. The van der Waals surface area contributed by atoms with Crippen LogP contribution in [0.3, 0.4) is 0 Å². The van der Waals surface area contributed by atoms with Gasteiger partial charge in [-0.25, -0.2) is 0 Å². The fourth-order valence-electron chi connectivity index (χ4n) is 9.25. The zero-order valence-corrected chi connectivity index (χ0v) is 25.7. The molecule has 0 spiro atoms. The van der Waals surface area contributed by atoms with Crippen LogP contribution in [0.5, 0.6) is 0 Å². The third kappa shape index (κ3) is 6.11. The maximum Gasteiger partial charge on any atom is 0.253 e. The maximum absolute atomic E-state index is 14.1. The summed E-state index contributed by atoms with van der Waals surface area (Å²) in [6.45, 7) is 7.83. The third-order valence-electron chi connectivity index (χ3n) is 11.6. The van der Waals surface area contributed by atoms with Crippen LogP contribution in [0.25, 0.3) is 0 Å². The molecule has 0 radical (unpaired) electrons. The summed E-state index contributed by atoms with van der Waals surface area (Å²) in [5.74, 6) is 2.76. The van der Waals surface area contributed by atoms with Gasteiger partial charge in [-0.2, -0.15) is 0 Å². The molecule has 3 aliphatic carbocycles. The van der Waals surface area contributed by atoms with E-state index >= 15 is 0 Å². The molecule has 0 aromatic heterocycles. The van der Waals surface area contributed by atoms with Crippen molar-refractivity contribution in [2.45, 2.75) is 121 Å². The monoisotopic (exact) mass is 562 g/mol. The lowest BCUT2D eigenvalue weighted by Crippen LogP contribution is -2.60. The van der Waals surface area contributed by atoms with Crippen LogP contribution in [0.4, 0.5) is 0 Å². The van der Waals surface area contributed by atoms with E-state index in [0.717, 1.165) is 56.6 Å². The molecule has 5 atom stereocenters. The summed E-state index contributed by atoms with van der Waals surface area (Å²) in [4.78, 5) is 29.1. The van der Waals surface area contributed by atoms with Gasteiger partial charge in [0.1, 0.15) is 0 Å². The molecule has 6 nitrogen and oxygen atoms in total. The molecule has 5 aliphatic rings. The first kappa shape index (κ1) is 29.2. The normalized spacial score (nSPS) is 32.3. The summed E-state index contributed by atoms with van der Waals surface area (Å²) >= 11 is 0. The largest absolute Gasteiger partial charge is 0.348 e. The Hall–Kier alpha value is -1.92. The van der Waals surface area contributed by atoms with Gasteiger partial charge in [0.05, 0.1) is 12.1 Å². The van der Waals surface area contributed by atoms with Crippen molar-refractivity contribution in [3.8, 4) is 0 Å². The minimum atomic E-state index is -0.0942. The maximum atomic E-state index is 14.1. The predicted molar refractivity (Wildman–Crippen MR) is 165 cm³/mol. The number of rotatable bonds is 6. The average molecular weight is 563 g/mol. The summed E-state index contributed by atoms with van der Waals surface area (Å²) < 4.78 is 0. The van der Waals surface area contributed by atoms with E-state index in [2.05, 4.69) is 41.9 Å². The molecular formula is C35H54N4O2. The highest BCUT2D eigenvalue weighted by Gasteiger charge is 2.56. The number of fused-ring (bicyclic) bond motifs is 1. The number of amides is 2. The zero-order chi connectivity index (χ0) is 28.4. The molecule has 3 N–H and O–H groups in total. The quantitative estimate of drug-likeness (QED) is 0.404. The van der Waals surface area contributed by atoms with Crippen molar-refractivity contribution in [2.75, 3.05) is 26.2 Å². The summed E-state index contributed by atoms with van der Waals surface area (Å²) in [5, 5.41) is 11.0. The lowest BCUT2D eigenvalue weighted by molar-refractivity contribution is -0.124. The Kier molecular flexibility index (Phi) is 9.07. The number of carbonyl (C=O) groups is 2. The number of hydrogen-bond donors (Lipinski definition) is 3. The predicted octanol–water partition coefficient (Wildman–Crippen LogP) is 5.90.